The molecule has 0 saturated heterocycles. The molecular weight excluding hydrogens is 528 g/mol. The number of halogens is 5. The van der Waals surface area contributed by atoms with Gasteiger partial charge in [-0.1, -0.05) is 46.9 Å². The van der Waals surface area contributed by atoms with Crippen LogP contribution in [-0.2, 0) is 19.6 Å². The maximum atomic E-state index is 13.2. The lowest BCUT2D eigenvalue weighted by Crippen LogP contribution is -2.17. The largest absolute Gasteiger partial charge is 0.493 e. The Morgan fingerprint density at radius 2 is 1.71 bits per heavy atom. The van der Waals surface area contributed by atoms with Crippen molar-refractivity contribution in [3.05, 3.63) is 90.6 Å². The predicted octanol–water partition coefficient (Wildman–Crippen LogP) is 7.47. The summed E-state index contributed by atoms with van der Waals surface area (Å²) in [6, 6.07) is 13.6. The van der Waals surface area contributed by atoms with Crippen molar-refractivity contribution >= 4 is 50.7 Å². The molecule has 0 atom stereocenters. The number of rotatable bonds is 9. The van der Waals surface area contributed by atoms with E-state index in [4.69, 9.17) is 44.3 Å². The smallest absolute Gasteiger partial charge is 0.175 e. The van der Waals surface area contributed by atoms with Crippen LogP contribution >= 0.6 is 50.7 Å². The highest BCUT2D eigenvalue weighted by Crippen LogP contribution is 2.37. The summed E-state index contributed by atoms with van der Waals surface area (Å²) < 4.78 is 25.4. The fourth-order valence-electron chi connectivity index (χ4n) is 2.98. The highest BCUT2D eigenvalue weighted by molar-refractivity contribution is 9.10. The monoisotopic (exact) mass is 545 g/mol. The van der Waals surface area contributed by atoms with E-state index in [1.165, 1.54) is 12.1 Å². The van der Waals surface area contributed by atoms with Crippen molar-refractivity contribution < 1.29 is 13.9 Å². The first kappa shape index (κ1) is 24.1. The van der Waals surface area contributed by atoms with Gasteiger partial charge in [-0.2, -0.15) is 0 Å². The van der Waals surface area contributed by atoms with Crippen LogP contribution in [0.2, 0.25) is 15.1 Å². The summed E-state index contributed by atoms with van der Waals surface area (Å²) in [5, 5.41) is 5.01. The minimum Gasteiger partial charge on any atom is -0.493 e. The van der Waals surface area contributed by atoms with Gasteiger partial charge in [0.1, 0.15) is 12.4 Å². The molecule has 0 spiro atoms. The zero-order valence-electron chi connectivity index (χ0n) is 16.7. The highest BCUT2D eigenvalue weighted by atomic mass is 79.9. The van der Waals surface area contributed by atoms with E-state index in [0.29, 0.717) is 38.7 Å². The zero-order chi connectivity index (χ0) is 22.4. The van der Waals surface area contributed by atoms with E-state index in [1.54, 1.807) is 19.2 Å². The number of nitrogens with one attached hydrogen (secondary N) is 1. The quantitative estimate of drug-likeness (QED) is 0.282. The van der Waals surface area contributed by atoms with Crippen molar-refractivity contribution in [1.29, 1.82) is 0 Å². The first-order valence-electron chi connectivity index (χ1n) is 9.45. The Balaban J connectivity index is 1.60. The van der Waals surface area contributed by atoms with Crippen LogP contribution < -0.4 is 14.8 Å². The first-order chi connectivity index (χ1) is 14.9. The second kappa shape index (κ2) is 11.4. The number of ether oxygens (including phenoxy) is 2. The Bertz CT molecular complexity index is 1070. The summed E-state index contributed by atoms with van der Waals surface area (Å²) in [4.78, 5) is 0. The normalized spacial score (nSPS) is 10.9. The van der Waals surface area contributed by atoms with Gasteiger partial charge in [-0.3, -0.25) is 0 Å². The van der Waals surface area contributed by atoms with Crippen LogP contribution in [0.4, 0.5) is 4.39 Å². The maximum absolute atomic E-state index is 13.2. The van der Waals surface area contributed by atoms with Gasteiger partial charge in [-0.15, -0.1) is 0 Å². The van der Waals surface area contributed by atoms with Gasteiger partial charge in [0.15, 0.2) is 11.5 Å². The molecule has 3 rings (SSSR count). The molecule has 31 heavy (non-hydrogen) atoms. The number of methoxy groups -OCH3 is 1. The summed E-state index contributed by atoms with van der Waals surface area (Å²) in [6.45, 7) is 1.58. The third-order valence-electron chi connectivity index (χ3n) is 4.59. The number of benzene rings is 3. The van der Waals surface area contributed by atoms with Crippen molar-refractivity contribution in [1.82, 2.24) is 5.32 Å². The molecule has 164 valence electrons. The molecule has 0 bridgehead atoms. The lowest BCUT2D eigenvalue weighted by molar-refractivity contribution is 0.282. The Hall–Kier alpha value is -1.50. The summed E-state index contributed by atoms with van der Waals surface area (Å²) in [6.07, 6.45) is 0.786. The van der Waals surface area contributed by atoms with Crippen LogP contribution in [0.1, 0.15) is 16.7 Å². The highest BCUT2D eigenvalue weighted by Gasteiger charge is 2.13. The third kappa shape index (κ3) is 6.74. The summed E-state index contributed by atoms with van der Waals surface area (Å²) >= 11 is 21.8. The van der Waals surface area contributed by atoms with Crippen LogP contribution in [0.5, 0.6) is 11.5 Å². The van der Waals surface area contributed by atoms with E-state index >= 15 is 0 Å². The second-order valence-electron chi connectivity index (χ2n) is 6.80. The van der Waals surface area contributed by atoms with Gasteiger partial charge in [-0.05, 0) is 76.4 Å². The number of hydrogen-bond acceptors (Lipinski definition) is 3. The molecule has 0 unspecified atom stereocenters. The fourth-order valence-corrected chi connectivity index (χ4v) is 4.31. The van der Waals surface area contributed by atoms with Crippen molar-refractivity contribution in [2.75, 3.05) is 13.7 Å². The molecule has 0 fully saturated rings. The Kier molecular flexibility index (Phi) is 8.87. The third-order valence-corrected chi connectivity index (χ3v) is 6.12. The molecule has 8 heteroatoms. The lowest BCUT2D eigenvalue weighted by Gasteiger charge is -2.15. The van der Waals surface area contributed by atoms with Gasteiger partial charge in [0, 0.05) is 22.2 Å². The maximum Gasteiger partial charge on any atom is 0.175 e. The van der Waals surface area contributed by atoms with E-state index in [1.807, 2.05) is 24.3 Å². The van der Waals surface area contributed by atoms with Crippen LogP contribution in [0.15, 0.2) is 53.0 Å². The Labute approximate surface area is 204 Å². The summed E-state index contributed by atoms with van der Waals surface area (Å²) in [7, 11) is 1.58. The second-order valence-corrected chi connectivity index (χ2v) is 8.90. The lowest BCUT2D eigenvalue weighted by atomic mass is 10.1. The molecule has 0 aliphatic carbocycles. The van der Waals surface area contributed by atoms with Gasteiger partial charge < -0.3 is 14.8 Å². The molecule has 3 nitrogen and oxygen atoms in total. The summed E-state index contributed by atoms with van der Waals surface area (Å²) in [5.41, 5.74) is 2.75. The average Bonchev–Trinajstić information content (AvgIpc) is 2.72. The molecule has 0 aliphatic rings. The van der Waals surface area contributed by atoms with Gasteiger partial charge in [0.2, 0.25) is 0 Å². The van der Waals surface area contributed by atoms with Crippen molar-refractivity contribution in [2.45, 2.75) is 19.6 Å². The standard InChI is InChI=1S/C23H20BrCl3FNO2/c1-30-22-9-14(12-29-7-6-15-2-4-17(25)10-20(15)26)8-19(24)23(22)31-13-16-3-5-18(28)11-21(16)27/h2-5,8-11,29H,6-7,12-13H2,1H3. The van der Waals surface area contributed by atoms with E-state index < -0.39 is 0 Å². The molecule has 0 amide bonds. The van der Waals surface area contributed by atoms with E-state index in [0.717, 1.165) is 28.6 Å². The number of hydrogen-bond donors (Lipinski definition) is 1. The topological polar surface area (TPSA) is 30.5 Å². The molecule has 0 aliphatic heterocycles. The molecule has 3 aromatic rings. The van der Waals surface area contributed by atoms with Crippen molar-refractivity contribution in [3.63, 3.8) is 0 Å². The van der Waals surface area contributed by atoms with Crippen LogP contribution in [0.3, 0.4) is 0 Å². The van der Waals surface area contributed by atoms with E-state index in [-0.39, 0.29) is 12.4 Å². The molecule has 3 aromatic carbocycles. The average molecular weight is 548 g/mol. The van der Waals surface area contributed by atoms with Crippen LogP contribution in [0, 0.1) is 5.82 Å². The Morgan fingerprint density at radius 1 is 0.968 bits per heavy atom. The molecular formula is C23H20BrCl3FNO2. The van der Waals surface area contributed by atoms with Crippen LogP contribution in [-0.4, -0.2) is 13.7 Å². The van der Waals surface area contributed by atoms with E-state index in [9.17, 15) is 4.39 Å². The predicted molar refractivity (Wildman–Crippen MR) is 128 cm³/mol. The molecule has 0 heterocycles. The molecule has 0 aromatic heterocycles. The summed E-state index contributed by atoms with van der Waals surface area (Å²) in [5.74, 6) is 0.757. The fraction of sp³-hybridized carbons (Fsp3) is 0.217. The van der Waals surface area contributed by atoms with Gasteiger partial charge >= 0.3 is 0 Å². The molecule has 1 N–H and O–H groups in total. The Morgan fingerprint density at radius 3 is 2.42 bits per heavy atom. The molecule has 0 saturated carbocycles. The SMILES string of the molecule is COc1cc(CNCCc2ccc(Cl)cc2Cl)cc(Br)c1OCc1ccc(F)cc1Cl. The van der Waals surface area contributed by atoms with Crippen LogP contribution in [0.25, 0.3) is 0 Å². The van der Waals surface area contributed by atoms with Crippen molar-refractivity contribution in [3.8, 4) is 11.5 Å². The van der Waals surface area contributed by atoms with Crippen molar-refractivity contribution in [2.24, 2.45) is 0 Å². The molecule has 0 radical (unpaired) electrons. The first-order valence-corrected chi connectivity index (χ1v) is 11.4. The van der Waals surface area contributed by atoms with Gasteiger partial charge in [-0.25, -0.2) is 4.39 Å². The minimum absolute atomic E-state index is 0.188. The van der Waals surface area contributed by atoms with Gasteiger partial charge in [0.25, 0.3) is 0 Å². The minimum atomic E-state index is -0.386. The zero-order valence-corrected chi connectivity index (χ0v) is 20.5. The van der Waals surface area contributed by atoms with Gasteiger partial charge in [0.05, 0.1) is 16.6 Å². The van der Waals surface area contributed by atoms with E-state index in [2.05, 4.69) is 21.2 Å².